The Balaban J connectivity index is 1.67. The molecule has 0 aliphatic carbocycles. The molecule has 2 N–H and O–H groups in total. The lowest BCUT2D eigenvalue weighted by Crippen LogP contribution is -2.37. The largest absolute Gasteiger partial charge is 0.489 e. The van der Waals surface area contributed by atoms with Gasteiger partial charge >= 0.3 is 0 Å². The molecule has 8 nitrogen and oxygen atoms in total. The molecule has 3 rings (SSSR count). The Kier molecular flexibility index (Phi) is 7.68. The third-order valence-corrected chi connectivity index (χ3v) is 5.67. The highest BCUT2D eigenvalue weighted by Crippen LogP contribution is 2.23. The van der Waals surface area contributed by atoms with Crippen LogP contribution in [-0.2, 0) is 26.2 Å². The van der Waals surface area contributed by atoms with E-state index in [0.29, 0.717) is 29.4 Å². The van der Waals surface area contributed by atoms with Gasteiger partial charge in [-0.15, -0.1) is 0 Å². The number of rotatable bonds is 9. The molecular formula is C24H25N3O5S. The van der Waals surface area contributed by atoms with E-state index in [-0.39, 0.29) is 5.91 Å². The zero-order chi connectivity index (χ0) is 23.8. The van der Waals surface area contributed by atoms with Gasteiger partial charge in [-0.1, -0.05) is 36.4 Å². The molecule has 2 amide bonds. The number of amides is 2. The highest BCUT2D eigenvalue weighted by atomic mass is 32.2. The number of carbonyl (C=O) groups excluding carboxylic acids is 2. The highest BCUT2D eigenvalue weighted by molar-refractivity contribution is 7.92. The number of ether oxygens (including phenoxy) is 1. The highest BCUT2D eigenvalue weighted by Gasteiger charge is 2.21. The summed E-state index contributed by atoms with van der Waals surface area (Å²) < 4.78 is 31.5. The van der Waals surface area contributed by atoms with E-state index in [9.17, 15) is 18.0 Å². The van der Waals surface area contributed by atoms with Crippen LogP contribution in [0.2, 0.25) is 0 Å². The monoisotopic (exact) mass is 467 g/mol. The standard InChI is InChI=1S/C24H25N3O5S/c1-18(28)25-20-9-6-10-21(15-20)26-24(29)16-27(33(2,30)31)22-11-13-23(14-12-22)32-17-19-7-4-3-5-8-19/h3-15H,16-17H2,1-2H3,(H,25,28)(H,26,29). The molecule has 33 heavy (non-hydrogen) atoms. The number of carbonyl (C=O) groups is 2. The van der Waals surface area contributed by atoms with Gasteiger partial charge in [0.15, 0.2) is 0 Å². The van der Waals surface area contributed by atoms with Crippen molar-refractivity contribution in [1.29, 1.82) is 0 Å². The third-order valence-electron chi connectivity index (χ3n) is 4.53. The van der Waals surface area contributed by atoms with Crippen molar-refractivity contribution < 1.29 is 22.7 Å². The normalized spacial score (nSPS) is 10.8. The molecule has 0 bridgehead atoms. The van der Waals surface area contributed by atoms with E-state index < -0.39 is 22.5 Å². The predicted molar refractivity (Wildman–Crippen MR) is 129 cm³/mol. The number of nitrogens with one attached hydrogen (secondary N) is 2. The Morgan fingerprint density at radius 3 is 2.12 bits per heavy atom. The second-order valence-corrected chi connectivity index (χ2v) is 9.25. The molecule has 0 radical (unpaired) electrons. The smallest absolute Gasteiger partial charge is 0.245 e. The molecule has 0 unspecified atom stereocenters. The first-order valence-corrected chi connectivity index (χ1v) is 12.0. The zero-order valence-electron chi connectivity index (χ0n) is 18.3. The lowest BCUT2D eigenvalue weighted by Gasteiger charge is -2.22. The van der Waals surface area contributed by atoms with Crippen LogP contribution < -0.4 is 19.7 Å². The minimum Gasteiger partial charge on any atom is -0.489 e. The van der Waals surface area contributed by atoms with Gasteiger partial charge in [0.2, 0.25) is 21.8 Å². The van der Waals surface area contributed by atoms with Gasteiger partial charge in [-0.3, -0.25) is 13.9 Å². The third kappa shape index (κ3) is 7.36. The predicted octanol–water partition coefficient (Wildman–Crippen LogP) is 3.63. The molecule has 0 saturated heterocycles. The molecule has 172 valence electrons. The summed E-state index contributed by atoms with van der Waals surface area (Å²) in [5, 5.41) is 5.28. The van der Waals surface area contributed by atoms with Crippen LogP contribution in [0.25, 0.3) is 0 Å². The summed E-state index contributed by atoms with van der Waals surface area (Å²) in [6.45, 7) is 1.36. The van der Waals surface area contributed by atoms with Gasteiger partial charge in [-0.2, -0.15) is 0 Å². The minimum atomic E-state index is -3.72. The van der Waals surface area contributed by atoms with Crippen LogP contribution in [-0.4, -0.2) is 33.0 Å². The summed E-state index contributed by atoms with van der Waals surface area (Å²) in [5.74, 6) is -0.182. The molecule has 0 fully saturated rings. The molecule has 0 atom stereocenters. The summed E-state index contributed by atoms with van der Waals surface area (Å²) in [7, 11) is -3.72. The Morgan fingerprint density at radius 1 is 0.879 bits per heavy atom. The molecule has 3 aromatic rings. The molecule has 0 aromatic heterocycles. The Morgan fingerprint density at radius 2 is 1.52 bits per heavy atom. The molecule has 0 spiro atoms. The van der Waals surface area contributed by atoms with Crippen LogP contribution in [0.3, 0.4) is 0 Å². The van der Waals surface area contributed by atoms with Crippen molar-refractivity contribution in [3.8, 4) is 5.75 Å². The maximum absolute atomic E-state index is 12.6. The SMILES string of the molecule is CC(=O)Nc1cccc(NC(=O)CN(c2ccc(OCc3ccccc3)cc2)S(C)(=O)=O)c1. The first kappa shape index (κ1) is 23.8. The van der Waals surface area contributed by atoms with Crippen LogP contribution in [0.4, 0.5) is 17.1 Å². The van der Waals surface area contributed by atoms with Crippen molar-refractivity contribution in [3.63, 3.8) is 0 Å². The van der Waals surface area contributed by atoms with Gasteiger partial charge in [-0.05, 0) is 48.0 Å². The summed E-state index contributed by atoms with van der Waals surface area (Å²) in [5.41, 5.74) is 2.31. The van der Waals surface area contributed by atoms with E-state index in [4.69, 9.17) is 4.74 Å². The second-order valence-electron chi connectivity index (χ2n) is 7.35. The van der Waals surface area contributed by atoms with Gasteiger partial charge in [0.1, 0.15) is 18.9 Å². The summed E-state index contributed by atoms with van der Waals surface area (Å²) in [6, 6.07) is 22.7. The van der Waals surface area contributed by atoms with Crippen LogP contribution >= 0.6 is 0 Å². The first-order valence-electron chi connectivity index (χ1n) is 10.1. The Labute approximate surface area is 193 Å². The molecule has 0 aliphatic rings. The van der Waals surface area contributed by atoms with Crippen LogP contribution in [0.1, 0.15) is 12.5 Å². The van der Waals surface area contributed by atoms with Crippen molar-refractivity contribution >= 4 is 38.9 Å². The van der Waals surface area contributed by atoms with Crippen molar-refractivity contribution in [2.45, 2.75) is 13.5 Å². The second kappa shape index (κ2) is 10.6. The van der Waals surface area contributed by atoms with Crippen molar-refractivity contribution in [3.05, 3.63) is 84.4 Å². The number of nitrogens with zero attached hydrogens (tertiary/aromatic N) is 1. The van der Waals surface area contributed by atoms with E-state index in [1.54, 1.807) is 48.5 Å². The fourth-order valence-electron chi connectivity index (χ4n) is 3.06. The van der Waals surface area contributed by atoms with Crippen LogP contribution in [0.15, 0.2) is 78.9 Å². The number of hydrogen-bond acceptors (Lipinski definition) is 5. The average Bonchev–Trinajstić information content (AvgIpc) is 2.76. The quantitative estimate of drug-likeness (QED) is 0.500. The number of sulfonamides is 1. The molecular weight excluding hydrogens is 442 g/mol. The van der Waals surface area contributed by atoms with Gasteiger partial charge in [-0.25, -0.2) is 8.42 Å². The summed E-state index contributed by atoms with van der Waals surface area (Å²) >= 11 is 0. The van der Waals surface area contributed by atoms with E-state index in [2.05, 4.69) is 10.6 Å². The lowest BCUT2D eigenvalue weighted by atomic mass is 10.2. The first-order chi connectivity index (χ1) is 15.7. The maximum atomic E-state index is 12.6. The van der Waals surface area contributed by atoms with E-state index in [0.717, 1.165) is 16.1 Å². The number of benzene rings is 3. The molecule has 0 aliphatic heterocycles. The molecule has 3 aromatic carbocycles. The van der Waals surface area contributed by atoms with Crippen molar-refractivity contribution in [2.24, 2.45) is 0 Å². The lowest BCUT2D eigenvalue weighted by molar-refractivity contribution is -0.115. The fraction of sp³-hybridized carbons (Fsp3) is 0.167. The summed E-state index contributed by atoms with van der Waals surface area (Å²) in [4.78, 5) is 23.8. The number of hydrogen-bond donors (Lipinski definition) is 2. The maximum Gasteiger partial charge on any atom is 0.245 e. The molecule has 9 heteroatoms. The molecule has 0 saturated carbocycles. The van der Waals surface area contributed by atoms with Crippen LogP contribution in [0.5, 0.6) is 5.75 Å². The van der Waals surface area contributed by atoms with Crippen molar-refractivity contribution in [2.75, 3.05) is 27.7 Å². The van der Waals surface area contributed by atoms with Crippen molar-refractivity contribution in [1.82, 2.24) is 0 Å². The van der Waals surface area contributed by atoms with E-state index >= 15 is 0 Å². The Hall–Kier alpha value is -3.85. The van der Waals surface area contributed by atoms with Gasteiger partial charge in [0, 0.05) is 18.3 Å². The van der Waals surface area contributed by atoms with Gasteiger partial charge in [0.25, 0.3) is 0 Å². The average molecular weight is 468 g/mol. The summed E-state index contributed by atoms with van der Waals surface area (Å²) in [6.07, 6.45) is 1.04. The van der Waals surface area contributed by atoms with E-state index in [1.165, 1.54) is 6.92 Å². The van der Waals surface area contributed by atoms with Gasteiger partial charge in [0.05, 0.1) is 11.9 Å². The topological polar surface area (TPSA) is 105 Å². The number of anilines is 3. The Bertz CT molecular complexity index is 1210. The minimum absolute atomic E-state index is 0.238. The van der Waals surface area contributed by atoms with Crippen LogP contribution in [0, 0.1) is 0 Å². The van der Waals surface area contributed by atoms with Gasteiger partial charge < -0.3 is 15.4 Å². The molecule has 0 heterocycles. The fourth-order valence-corrected chi connectivity index (χ4v) is 3.91. The van der Waals surface area contributed by atoms with E-state index in [1.807, 2.05) is 30.3 Å². The zero-order valence-corrected chi connectivity index (χ0v) is 19.1.